The highest BCUT2D eigenvalue weighted by Crippen LogP contribution is 2.28. The van der Waals surface area contributed by atoms with E-state index in [0.717, 1.165) is 25.7 Å². The van der Waals surface area contributed by atoms with Gasteiger partial charge in [-0.1, -0.05) is 19.9 Å². The number of hydrogen-bond acceptors (Lipinski definition) is 3. The van der Waals surface area contributed by atoms with Crippen molar-refractivity contribution < 1.29 is 9.90 Å². The summed E-state index contributed by atoms with van der Waals surface area (Å²) in [5, 5.41) is 14.3. The van der Waals surface area contributed by atoms with Gasteiger partial charge in [0.25, 0.3) is 0 Å². The third-order valence-corrected chi connectivity index (χ3v) is 6.05. The van der Waals surface area contributed by atoms with Crippen LogP contribution < -0.4 is 5.32 Å². The monoisotopic (exact) mass is 324 g/mol. The van der Waals surface area contributed by atoms with Crippen LogP contribution in [0.25, 0.3) is 0 Å². The molecule has 0 bridgehead atoms. The molecule has 0 spiro atoms. The summed E-state index contributed by atoms with van der Waals surface area (Å²) in [6.45, 7) is 5.23. The predicted molar refractivity (Wildman–Crippen MR) is 91.3 cm³/mol. The van der Waals surface area contributed by atoms with Gasteiger partial charge >= 0.3 is 6.03 Å². The first kappa shape index (κ1) is 17.3. The zero-order valence-electron chi connectivity index (χ0n) is 13.8. The summed E-state index contributed by atoms with van der Waals surface area (Å²) < 4.78 is 0. The maximum absolute atomic E-state index is 12.4. The van der Waals surface area contributed by atoms with Crippen LogP contribution in [0.2, 0.25) is 0 Å². The molecule has 0 atom stereocenters. The Morgan fingerprint density at radius 2 is 2.09 bits per heavy atom. The molecule has 2 rings (SSSR count). The Labute approximate surface area is 137 Å². The van der Waals surface area contributed by atoms with Gasteiger partial charge in [0, 0.05) is 36.5 Å². The molecule has 2 N–H and O–H groups in total. The minimum absolute atomic E-state index is 0.0112. The average Bonchev–Trinajstić information content (AvgIpc) is 3.07. The second-order valence-corrected chi connectivity index (χ2v) is 7.94. The van der Waals surface area contributed by atoms with Gasteiger partial charge in [-0.2, -0.15) is 0 Å². The number of rotatable bonds is 5. The third-order valence-electron chi connectivity index (χ3n) is 4.81. The molecule has 1 aliphatic carbocycles. The van der Waals surface area contributed by atoms with Gasteiger partial charge in [0.1, 0.15) is 0 Å². The first-order valence-electron chi connectivity index (χ1n) is 8.09. The van der Waals surface area contributed by atoms with Crippen LogP contribution in [0.3, 0.4) is 0 Å². The molecule has 1 fully saturated rings. The number of urea groups is 1. The highest BCUT2D eigenvalue weighted by Gasteiger charge is 2.28. The van der Waals surface area contributed by atoms with Crippen molar-refractivity contribution in [3.63, 3.8) is 0 Å². The van der Waals surface area contributed by atoms with E-state index in [-0.39, 0.29) is 18.1 Å². The molecule has 0 unspecified atom stereocenters. The van der Waals surface area contributed by atoms with Crippen LogP contribution in [0.5, 0.6) is 0 Å². The quantitative estimate of drug-likeness (QED) is 0.874. The van der Waals surface area contributed by atoms with E-state index < -0.39 is 0 Å². The lowest BCUT2D eigenvalue weighted by atomic mass is 9.86. The fourth-order valence-corrected chi connectivity index (χ4v) is 3.90. The molecule has 2 amide bonds. The number of nitrogens with one attached hydrogen (secondary N) is 1. The zero-order valence-corrected chi connectivity index (χ0v) is 14.7. The average molecular weight is 324 g/mol. The molecule has 0 aliphatic heterocycles. The standard InChI is InChI=1S/C17H28N2O2S/c1-17(2,15-5-4-10-22-15)12-18-16(21)19(3)14-8-6-13(11-20)7-9-14/h4-5,10,13-14,20H,6-9,11-12H2,1-3H3,(H,18,21). The highest BCUT2D eigenvalue weighted by atomic mass is 32.1. The molecule has 1 heterocycles. The second-order valence-electron chi connectivity index (χ2n) is 6.99. The maximum atomic E-state index is 12.4. The van der Waals surface area contributed by atoms with Crippen molar-refractivity contribution in [2.24, 2.45) is 5.92 Å². The van der Waals surface area contributed by atoms with Gasteiger partial charge in [0.15, 0.2) is 0 Å². The summed E-state index contributed by atoms with van der Waals surface area (Å²) in [4.78, 5) is 15.5. The van der Waals surface area contributed by atoms with Crippen molar-refractivity contribution in [3.05, 3.63) is 22.4 Å². The third kappa shape index (κ3) is 4.23. The van der Waals surface area contributed by atoms with Gasteiger partial charge in [-0.3, -0.25) is 0 Å². The number of aliphatic hydroxyl groups is 1. The lowest BCUT2D eigenvalue weighted by molar-refractivity contribution is 0.133. The topological polar surface area (TPSA) is 52.6 Å². The van der Waals surface area contributed by atoms with Crippen LogP contribution >= 0.6 is 11.3 Å². The van der Waals surface area contributed by atoms with Crippen LogP contribution in [0.1, 0.15) is 44.4 Å². The Morgan fingerprint density at radius 1 is 1.41 bits per heavy atom. The molecule has 22 heavy (non-hydrogen) atoms. The largest absolute Gasteiger partial charge is 0.396 e. The highest BCUT2D eigenvalue weighted by molar-refractivity contribution is 7.10. The number of carbonyl (C=O) groups excluding carboxylic acids is 1. The summed E-state index contributed by atoms with van der Waals surface area (Å²) in [6.07, 6.45) is 4.01. The number of aliphatic hydroxyl groups excluding tert-OH is 1. The molecule has 4 nitrogen and oxygen atoms in total. The van der Waals surface area contributed by atoms with E-state index in [2.05, 4.69) is 36.7 Å². The number of amides is 2. The minimum Gasteiger partial charge on any atom is -0.396 e. The normalized spacial score (nSPS) is 22.4. The Morgan fingerprint density at radius 3 is 2.64 bits per heavy atom. The molecular formula is C17H28N2O2S. The molecule has 0 radical (unpaired) electrons. The van der Waals surface area contributed by atoms with Crippen molar-refractivity contribution in [1.82, 2.24) is 10.2 Å². The van der Waals surface area contributed by atoms with E-state index in [9.17, 15) is 9.90 Å². The molecule has 124 valence electrons. The molecule has 1 aromatic heterocycles. The Balaban J connectivity index is 1.82. The number of thiophene rings is 1. The lowest BCUT2D eigenvalue weighted by Crippen LogP contribution is -2.48. The first-order chi connectivity index (χ1) is 10.4. The predicted octanol–water partition coefficient (Wildman–Crippen LogP) is 3.22. The first-order valence-corrected chi connectivity index (χ1v) is 8.97. The van der Waals surface area contributed by atoms with Gasteiger partial charge in [0.2, 0.25) is 0 Å². The summed E-state index contributed by atoms with van der Waals surface area (Å²) >= 11 is 1.73. The van der Waals surface area contributed by atoms with Crippen LogP contribution in [0.4, 0.5) is 4.79 Å². The van der Waals surface area contributed by atoms with Crippen molar-refractivity contribution in [2.45, 2.75) is 51.0 Å². The molecular weight excluding hydrogens is 296 g/mol. The SMILES string of the molecule is CN(C(=O)NCC(C)(C)c1cccs1)C1CCC(CO)CC1. The van der Waals surface area contributed by atoms with Crippen molar-refractivity contribution >= 4 is 17.4 Å². The minimum atomic E-state index is -0.0424. The summed E-state index contributed by atoms with van der Waals surface area (Å²) in [7, 11) is 1.89. The Kier molecular flexibility index (Phi) is 5.87. The summed E-state index contributed by atoms with van der Waals surface area (Å²) in [5.41, 5.74) is -0.0424. The van der Waals surface area contributed by atoms with Crippen LogP contribution in [0.15, 0.2) is 17.5 Å². The van der Waals surface area contributed by atoms with Gasteiger partial charge in [-0.15, -0.1) is 11.3 Å². The Bertz CT molecular complexity index is 465. The second kappa shape index (κ2) is 7.47. The molecule has 0 aromatic carbocycles. The van der Waals surface area contributed by atoms with Gasteiger partial charge in [0.05, 0.1) is 0 Å². The van der Waals surface area contributed by atoms with E-state index in [1.54, 1.807) is 11.3 Å². The molecule has 1 aliphatic rings. The fraction of sp³-hybridized carbons (Fsp3) is 0.706. The van der Waals surface area contributed by atoms with Gasteiger partial charge in [-0.05, 0) is 43.0 Å². The van der Waals surface area contributed by atoms with E-state index in [1.807, 2.05) is 11.9 Å². The molecule has 0 saturated heterocycles. The van der Waals surface area contributed by atoms with Crippen LogP contribution in [0, 0.1) is 5.92 Å². The molecule has 5 heteroatoms. The summed E-state index contributed by atoms with van der Waals surface area (Å²) in [5.74, 6) is 0.422. The summed E-state index contributed by atoms with van der Waals surface area (Å²) in [6, 6.07) is 4.48. The number of carbonyl (C=O) groups is 1. The van der Waals surface area contributed by atoms with Crippen molar-refractivity contribution in [2.75, 3.05) is 20.2 Å². The molecule has 1 aromatic rings. The van der Waals surface area contributed by atoms with Gasteiger partial charge in [-0.25, -0.2) is 4.79 Å². The molecule has 1 saturated carbocycles. The van der Waals surface area contributed by atoms with Gasteiger partial charge < -0.3 is 15.3 Å². The van der Waals surface area contributed by atoms with Crippen molar-refractivity contribution in [1.29, 1.82) is 0 Å². The van der Waals surface area contributed by atoms with Crippen LogP contribution in [-0.4, -0.2) is 42.3 Å². The fourth-order valence-electron chi connectivity index (χ4n) is 3.05. The van der Waals surface area contributed by atoms with E-state index in [0.29, 0.717) is 18.5 Å². The van der Waals surface area contributed by atoms with Crippen LogP contribution in [-0.2, 0) is 5.41 Å². The number of nitrogens with zero attached hydrogens (tertiary/aromatic N) is 1. The van der Waals surface area contributed by atoms with Crippen molar-refractivity contribution in [3.8, 4) is 0 Å². The van der Waals surface area contributed by atoms with E-state index in [4.69, 9.17) is 0 Å². The van der Waals surface area contributed by atoms with E-state index in [1.165, 1.54) is 4.88 Å². The maximum Gasteiger partial charge on any atom is 0.317 e. The zero-order chi connectivity index (χ0) is 16.2. The Hall–Kier alpha value is -1.07. The van der Waals surface area contributed by atoms with E-state index >= 15 is 0 Å². The smallest absolute Gasteiger partial charge is 0.317 e. The lowest BCUT2D eigenvalue weighted by Gasteiger charge is -2.35. The number of hydrogen-bond donors (Lipinski definition) is 2.